The van der Waals surface area contributed by atoms with E-state index in [1.807, 2.05) is 6.07 Å². The van der Waals surface area contributed by atoms with Gasteiger partial charge in [0.1, 0.15) is 0 Å². The summed E-state index contributed by atoms with van der Waals surface area (Å²) in [5.74, 6) is 0. The maximum atomic E-state index is 10.8. The molecule has 1 fully saturated rings. The zero-order valence-corrected chi connectivity index (χ0v) is 13.1. The molecule has 0 unspecified atom stereocenters. The number of halogens is 1. The Morgan fingerprint density at radius 3 is 2.75 bits per heavy atom. The van der Waals surface area contributed by atoms with E-state index < -0.39 is 0 Å². The van der Waals surface area contributed by atoms with E-state index in [0.717, 1.165) is 29.5 Å². The van der Waals surface area contributed by atoms with Crippen LogP contribution in [0.3, 0.4) is 0 Å². The van der Waals surface area contributed by atoms with E-state index >= 15 is 0 Å². The lowest BCUT2D eigenvalue weighted by Crippen LogP contribution is -2.24. The molecular weight excluding hydrogens is 322 g/mol. The number of benzene rings is 1. The predicted octanol–water partition coefficient (Wildman–Crippen LogP) is 2.93. The second-order valence-electron chi connectivity index (χ2n) is 5.15. The second kappa shape index (κ2) is 7.71. The van der Waals surface area contributed by atoms with Gasteiger partial charge in [-0.25, -0.2) is 0 Å². The number of non-ortho nitro benzene ring substituents is 1. The molecule has 5 nitrogen and oxygen atoms in total. The molecule has 20 heavy (non-hydrogen) atoms. The van der Waals surface area contributed by atoms with Gasteiger partial charge in [0.25, 0.3) is 5.69 Å². The van der Waals surface area contributed by atoms with Crippen molar-refractivity contribution in [2.75, 3.05) is 26.2 Å². The molecular formula is C14H20BrN3O2. The number of likely N-dealkylation sites (tertiary alicyclic amines) is 1. The molecule has 110 valence electrons. The molecule has 2 rings (SSSR count). The Morgan fingerprint density at radius 1 is 1.30 bits per heavy atom. The molecule has 0 radical (unpaired) electrons. The van der Waals surface area contributed by atoms with Crippen LogP contribution in [0.4, 0.5) is 5.69 Å². The smallest absolute Gasteiger partial charge is 0.270 e. The minimum Gasteiger partial charge on any atom is -0.313 e. The summed E-state index contributed by atoms with van der Waals surface area (Å²) >= 11 is 3.31. The van der Waals surface area contributed by atoms with Gasteiger partial charge in [-0.3, -0.25) is 10.1 Å². The van der Waals surface area contributed by atoms with E-state index in [9.17, 15) is 10.1 Å². The van der Waals surface area contributed by atoms with E-state index in [4.69, 9.17) is 0 Å². The van der Waals surface area contributed by atoms with Gasteiger partial charge in [0.2, 0.25) is 0 Å². The first-order chi connectivity index (χ1) is 9.65. The van der Waals surface area contributed by atoms with Crippen molar-refractivity contribution in [3.63, 3.8) is 0 Å². The monoisotopic (exact) mass is 341 g/mol. The summed E-state index contributed by atoms with van der Waals surface area (Å²) in [7, 11) is 0. The number of hydrogen-bond acceptors (Lipinski definition) is 4. The molecule has 1 saturated heterocycles. The molecule has 0 aliphatic carbocycles. The molecule has 0 spiro atoms. The van der Waals surface area contributed by atoms with Crippen molar-refractivity contribution in [2.45, 2.75) is 25.8 Å². The molecule has 1 heterocycles. The van der Waals surface area contributed by atoms with Crippen molar-refractivity contribution >= 4 is 21.6 Å². The summed E-state index contributed by atoms with van der Waals surface area (Å²) in [5, 5.41) is 14.1. The summed E-state index contributed by atoms with van der Waals surface area (Å²) in [4.78, 5) is 12.9. The van der Waals surface area contributed by atoms with Gasteiger partial charge >= 0.3 is 0 Å². The van der Waals surface area contributed by atoms with Crippen LogP contribution in [-0.2, 0) is 6.54 Å². The van der Waals surface area contributed by atoms with Gasteiger partial charge in [0.15, 0.2) is 0 Å². The Kier molecular flexibility index (Phi) is 5.94. The quantitative estimate of drug-likeness (QED) is 0.470. The topological polar surface area (TPSA) is 58.4 Å². The van der Waals surface area contributed by atoms with Crippen LogP contribution in [0.2, 0.25) is 0 Å². The fourth-order valence-electron chi connectivity index (χ4n) is 2.51. The first-order valence-electron chi connectivity index (χ1n) is 7.02. The third-order valence-corrected chi connectivity index (χ3v) is 3.97. The molecule has 0 atom stereocenters. The molecule has 1 aliphatic heterocycles. The first kappa shape index (κ1) is 15.4. The van der Waals surface area contributed by atoms with Crippen molar-refractivity contribution in [2.24, 2.45) is 0 Å². The van der Waals surface area contributed by atoms with E-state index in [-0.39, 0.29) is 10.6 Å². The molecule has 6 heteroatoms. The standard InChI is InChI=1S/C14H20BrN3O2/c15-13-8-12(9-14(10-13)18(19)20)11-16-4-3-7-17-5-1-2-6-17/h8-10,16H,1-7,11H2. The van der Waals surface area contributed by atoms with Crippen LogP contribution in [0, 0.1) is 10.1 Å². The average molecular weight is 342 g/mol. The third kappa shape index (κ3) is 4.85. The Balaban J connectivity index is 1.71. The summed E-state index contributed by atoms with van der Waals surface area (Å²) in [6.07, 6.45) is 3.78. The Morgan fingerprint density at radius 2 is 2.05 bits per heavy atom. The first-order valence-corrected chi connectivity index (χ1v) is 7.81. The molecule has 1 aliphatic rings. The van der Waals surface area contributed by atoms with E-state index in [1.54, 1.807) is 6.07 Å². The fraction of sp³-hybridized carbons (Fsp3) is 0.571. The van der Waals surface area contributed by atoms with E-state index in [1.165, 1.54) is 32.0 Å². The number of nitrogens with zero attached hydrogens (tertiary/aromatic N) is 2. The fourth-order valence-corrected chi connectivity index (χ4v) is 3.04. The Bertz CT molecular complexity index is 462. The number of nitro benzene ring substituents is 1. The zero-order chi connectivity index (χ0) is 14.4. The van der Waals surface area contributed by atoms with Crippen molar-refractivity contribution in [3.05, 3.63) is 38.3 Å². The van der Waals surface area contributed by atoms with Crippen LogP contribution in [0.5, 0.6) is 0 Å². The minimum absolute atomic E-state index is 0.133. The lowest BCUT2D eigenvalue weighted by Gasteiger charge is -2.14. The molecule has 1 aromatic rings. The largest absolute Gasteiger partial charge is 0.313 e. The van der Waals surface area contributed by atoms with Gasteiger partial charge in [-0.05, 0) is 57.1 Å². The highest BCUT2D eigenvalue weighted by Crippen LogP contribution is 2.21. The predicted molar refractivity (Wildman–Crippen MR) is 82.8 cm³/mol. The van der Waals surface area contributed by atoms with Crippen LogP contribution < -0.4 is 5.32 Å². The summed E-state index contributed by atoms with van der Waals surface area (Å²) in [6.45, 7) is 5.22. The Labute approximate surface area is 127 Å². The van der Waals surface area contributed by atoms with Gasteiger partial charge in [0.05, 0.1) is 4.92 Å². The maximum absolute atomic E-state index is 10.8. The third-order valence-electron chi connectivity index (χ3n) is 3.51. The number of rotatable bonds is 7. The highest BCUT2D eigenvalue weighted by Gasteiger charge is 2.10. The van der Waals surface area contributed by atoms with Gasteiger partial charge in [-0.1, -0.05) is 15.9 Å². The normalized spacial score (nSPS) is 15.7. The summed E-state index contributed by atoms with van der Waals surface area (Å²) < 4.78 is 0.751. The van der Waals surface area contributed by atoms with Crippen molar-refractivity contribution in [1.82, 2.24) is 10.2 Å². The van der Waals surface area contributed by atoms with E-state index in [2.05, 4.69) is 26.1 Å². The molecule has 1 aromatic carbocycles. The molecule has 0 saturated carbocycles. The van der Waals surface area contributed by atoms with Gasteiger partial charge in [-0.2, -0.15) is 0 Å². The van der Waals surface area contributed by atoms with E-state index in [0.29, 0.717) is 6.54 Å². The van der Waals surface area contributed by atoms with Crippen LogP contribution in [0.1, 0.15) is 24.8 Å². The second-order valence-corrected chi connectivity index (χ2v) is 6.07. The van der Waals surface area contributed by atoms with Crippen LogP contribution >= 0.6 is 15.9 Å². The molecule has 0 bridgehead atoms. The van der Waals surface area contributed by atoms with Crippen LogP contribution in [0.15, 0.2) is 22.7 Å². The average Bonchev–Trinajstić information content (AvgIpc) is 2.91. The molecule has 0 amide bonds. The highest BCUT2D eigenvalue weighted by molar-refractivity contribution is 9.10. The SMILES string of the molecule is O=[N+]([O-])c1cc(Br)cc(CNCCCN2CCCC2)c1. The van der Waals surface area contributed by atoms with Gasteiger partial charge in [-0.15, -0.1) is 0 Å². The van der Waals surface area contributed by atoms with Crippen molar-refractivity contribution in [1.29, 1.82) is 0 Å². The lowest BCUT2D eigenvalue weighted by molar-refractivity contribution is -0.385. The van der Waals surface area contributed by atoms with Crippen molar-refractivity contribution in [3.8, 4) is 0 Å². The number of nitro groups is 1. The maximum Gasteiger partial charge on any atom is 0.270 e. The summed E-state index contributed by atoms with van der Waals surface area (Å²) in [6, 6.07) is 5.07. The van der Waals surface area contributed by atoms with Crippen molar-refractivity contribution < 1.29 is 4.92 Å². The number of hydrogen-bond donors (Lipinski definition) is 1. The highest BCUT2D eigenvalue weighted by atomic mass is 79.9. The van der Waals surface area contributed by atoms with Gasteiger partial charge in [0, 0.05) is 23.2 Å². The molecule has 1 N–H and O–H groups in total. The Hall–Kier alpha value is -0.980. The van der Waals surface area contributed by atoms with Crippen LogP contribution in [0.25, 0.3) is 0 Å². The lowest BCUT2D eigenvalue weighted by atomic mass is 10.2. The summed E-state index contributed by atoms with van der Waals surface area (Å²) in [5.41, 5.74) is 1.07. The molecule has 0 aromatic heterocycles. The van der Waals surface area contributed by atoms with Crippen LogP contribution in [-0.4, -0.2) is 36.0 Å². The zero-order valence-electron chi connectivity index (χ0n) is 11.5. The van der Waals surface area contributed by atoms with Gasteiger partial charge < -0.3 is 10.2 Å². The minimum atomic E-state index is -0.359. The number of nitrogens with one attached hydrogen (secondary N) is 1.